The normalized spacial score (nSPS) is 27.0. The quantitative estimate of drug-likeness (QED) is 0.771. The fraction of sp³-hybridized carbons (Fsp3) is 0.889. The summed E-state index contributed by atoms with van der Waals surface area (Å²) >= 11 is 0. The Morgan fingerprint density at radius 3 is 2.46 bits per heavy atom. The molecule has 0 aromatic rings. The highest BCUT2D eigenvalue weighted by molar-refractivity contribution is 5.78. The summed E-state index contributed by atoms with van der Waals surface area (Å²) in [5, 5.41) is 9.33. The number of piperazine rings is 1. The molecule has 6 nitrogen and oxygen atoms in total. The first-order valence-electron chi connectivity index (χ1n) is 9.02. The van der Waals surface area contributed by atoms with Gasteiger partial charge in [-0.3, -0.25) is 14.6 Å². The third kappa shape index (κ3) is 4.47. The van der Waals surface area contributed by atoms with Crippen LogP contribution in [0.2, 0.25) is 0 Å². The van der Waals surface area contributed by atoms with Crippen molar-refractivity contribution in [1.82, 2.24) is 14.7 Å². The Hall–Kier alpha value is -1.16. The van der Waals surface area contributed by atoms with Gasteiger partial charge in [0.2, 0.25) is 5.91 Å². The minimum absolute atomic E-state index is 0.0544. The van der Waals surface area contributed by atoms with E-state index in [0.717, 1.165) is 19.6 Å². The number of nitriles is 1. The van der Waals surface area contributed by atoms with Gasteiger partial charge >= 0.3 is 0 Å². The van der Waals surface area contributed by atoms with Crippen LogP contribution in [0.15, 0.2) is 0 Å². The van der Waals surface area contributed by atoms with Crippen molar-refractivity contribution >= 4 is 5.91 Å². The second-order valence-corrected chi connectivity index (χ2v) is 8.05. The molecule has 2 atom stereocenters. The second kappa shape index (κ2) is 7.81. The topological polar surface area (TPSA) is 59.8 Å². The smallest absolute Gasteiger partial charge is 0.236 e. The fourth-order valence-corrected chi connectivity index (χ4v) is 3.49. The summed E-state index contributed by atoms with van der Waals surface area (Å²) in [6.45, 7) is 15.4. The Labute approximate surface area is 146 Å². The van der Waals surface area contributed by atoms with Crippen molar-refractivity contribution in [2.45, 2.75) is 52.3 Å². The predicted molar refractivity (Wildman–Crippen MR) is 93.5 cm³/mol. The van der Waals surface area contributed by atoms with Crippen LogP contribution in [0.5, 0.6) is 0 Å². The van der Waals surface area contributed by atoms with Gasteiger partial charge in [0.15, 0.2) is 0 Å². The fourth-order valence-electron chi connectivity index (χ4n) is 3.49. The first-order chi connectivity index (χ1) is 11.2. The van der Waals surface area contributed by atoms with E-state index in [9.17, 15) is 10.1 Å². The molecule has 0 aromatic heterocycles. The highest BCUT2D eigenvalue weighted by atomic mass is 16.5. The minimum atomic E-state index is -0.104. The first-order valence-corrected chi connectivity index (χ1v) is 9.02. The van der Waals surface area contributed by atoms with E-state index < -0.39 is 0 Å². The monoisotopic (exact) mass is 336 g/mol. The van der Waals surface area contributed by atoms with E-state index in [2.05, 4.69) is 50.5 Å². The van der Waals surface area contributed by atoms with Crippen LogP contribution in [0.3, 0.4) is 0 Å². The second-order valence-electron chi connectivity index (χ2n) is 8.05. The van der Waals surface area contributed by atoms with Crippen LogP contribution in [0, 0.1) is 17.2 Å². The molecular weight excluding hydrogens is 304 g/mol. The number of nitrogens with zero attached hydrogens (tertiary/aromatic N) is 4. The maximum absolute atomic E-state index is 12.7. The van der Waals surface area contributed by atoms with E-state index >= 15 is 0 Å². The van der Waals surface area contributed by atoms with E-state index in [1.807, 2.05) is 4.90 Å². The molecule has 2 aliphatic heterocycles. The van der Waals surface area contributed by atoms with E-state index in [1.54, 1.807) is 0 Å². The molecule has 0 saturated carbocycles. The summed E-state index contributed by atoms with van der Waals surface area (Å²) in [6.07, 6.45) is 0.171. The molecule has 1 amide bonds. The molecule has 0 N–H and O–H groups in total. The molecule has 0 unspecified atom stereocenters. The lowest BCUT2D eigenvalue weighted by molar-refractivity contribution is -0.142. The SMILES string of the molecule is CC(C)[C@H](C#N)N1CCN(C(=O)CN2C[C@H](C)OCC2(C)C)CC1. The molecule has 2 heterocycles. The summed E-state index contributed by atoms with van der Waals surface area (Å²) in [7, 11) is 0. The van der Waals surface area contributed by atoms with Gasteiger partial charge in [0.25, 0.3) is 0 Å². The van der Waals surface area contributed by atoms with E-state index in [1.165, 1.54) is 0 Å². The molecule has 2 saturated heterocycles. The minimum Gasteiger partial charge on any atom is -0.375 e. The highest BCUT2D eigenvalue weighted by Gasteiger charge is 2.36. The maximum atomic E-state index is 12.7. The number of ether oxygens (including phenoxy) is 1. The Kier molecular flexibility index (Phi) is 6.24. The first kappa shape index (κ1) is 19.2. The molecule has 2 fully saturated rings. The van der Waals surface area contributed by atoms with Crippen LogP contribution in [-0.4, -0.2) is 84.2 Å². The van der Waals surface area contributed by atoms with Gasteiger partial charge in [-0.25, -0.2) is 0 Å². The standard InChI is InChI=1S/C18H32N4O2/c1-14(2)16(10-19)20-6-8-21(9-7-20)17(23)12-22-11-15(3)24-13-18(22,4)5/h14-16H,6-9,11-13H2,1-5H3/t15-,16-/m0/s1. The summed E-state index contributed by atoms with van der Waals surface area (Å²) in [5.41, 5.74) is -0.104. The molecule has 2 rings (SSSR count). The largest absolute Gasteiger partial charge is 0.375 e. The van der Waals surface area contributed by atoms with Gasteiger partial charge in [0, 0.05) is 38.3 Å². The van der Waals surface area contributed by atoms with Crippen LogP contribution in [-0.2, 0) is 9.53 Å². The van der Waals surface area contributed by atoms with Crippen LogP contribution in [0.25, 0.3) is 0 Å². The summed E-state index contributed by atoms with van der Waals surface area (Å²) in [4.78, 5) is 19.1. The zero-order valence-corrected chi connectivity index (χ0v) is 15.8. The van der Waals surface area contributed by atoms with Crippen molar-refractivity contribution < 1.29 is 9.53 Å². The number of morpholine rings is 1. The lowest BCUT2D eigenvalue weighted by Crippen LogP contribution is -2.60. The van der Waals surface area contributed by atoms with Crippen molar-refractivity contribution in [3.8, 4) is 6.07 Å². The molecule has 0 aliphatic carbocycles. The highest BCUT2D eigenvalue weighted by Crippen LogP contribution is 2.22. The molecule has 0 aromatic carbocycles. The van der Waals surface area contributed by atoms with E-state index in [0.29, 0.717) is 32.2 Å². The van der Waals surface area contributed by atoms with Gasteiger partial charge < -0.3 is 9.64 Å². The van der Waals surface area contributed by atoms with Crippen LogP contribution < -0.4 is 0 Å². The zero-order chi connectivity index (χ0) is 17.9. The summed E-state index contributed by atoms with van der Waals surface area (Å²) in [5.74, 6) is 0.503. The predicted octanol–water partition coefficient (Wildman–Crippen LogP) is 1.18. The Bertz CT molecular complexity index is 478. The lowest BCUT2D eigenvalue weighted by Gasteiger charge is -2.45. The molecule has 0 spiro atoms. The number of hydrogen-bond donors (Lipinski definition) is 0. The molecule has 2 aliphatic rings. The zero-order valence-electron chi connectivity index (χ0n) is 15.8. The maximum Gasteiger partial charge on any atom is 0.236 e. The van der Waals surface area contributed by atoms with Crippen molar-refractivity contribution in [2.75, 3.05) is 45.9 Å². The van der Waals surface area contributed by atoms with Gasteiger partial charge in [-0.2, -0.15) is 5.26 Å². The molecular formula is C18H32N4O2. The van der Waals surface area contributed by atoms with Crippen molar-refractivity contribution in [3.05, 3.63) is 0 Å². The Morgan fingerprint density at radius 1 is 1.29 bits per heavy atom. The van der Waals surface area contributed by atoms with Crippen molar-refractivity contribution in [3.63, 3.8) is 0 Å². The van der Waals surface area contributed by atoms with E-state index in [-0.39, 0.29) is 23.6 Å². The van der Waals surface area contributed by atoms with Gasteiger partial charge in [-0.05, 0) is 26.7 Å². The molecule has 6 heteroatoms. The van der Waals surface area contributed by atoms with Gasteiger partial charge in [0.1, 0.15) is 6.04 Å². The average molecular weight is 336 g/mol. The third-order valence-corrected chi connectivity index (χ3v) is 5.20. The van der Waals surface area contributed by atoms with Crippen LogP contribution >= 0.6 is 0 Å². The number of rotatable bonds is 4. The molecule has 0 radical (unpaired) electrons. The van der Waals surface area contributed by atoms with Crippen molar-refractivity contribution in [2.24, 2.45) is 5.92 Å². The average Bonchev–Trinajstić information content (AvgIpc) is 2.52. The number of hydrogen-bond acceptors (Lipinski definition) is 5. The summed E-state index contributed by atoms with van der Waals surface area (Å²) < 4.78 is 5.72. The van der Waals surface area contributed by atoms with E-state index in [4.69, 9.17) is 4.74 Å². The van der Waals surface area contributed by atoms with Gasteiger partial charge in [0.05, 0.1) is 25.3 Å². The number of amides is 1. The lowest BCUT2D eigenvalue weighted by atomic mass is 10.0. The van der Waals surface area contributed by atoms with Crippen molar-refractivity contribution in [1.29, 1.82) is 5.26 Å². The van der Waals surface area contributed by atoms with Gasteiger partial charge in [-0.15, -0.1) is 0 Å². The number of carbonyl (C=O) groups excluding carboxylic acids is 1. The molecule has 0 bridgehead atoms. The van der Waals surface area contributed by atoms with Gasteiger partial charge in [-0.1, -0.05) is 13.8 Å². The van der Waals surface area contributed by atoms with Crippen LogP contribution in [0.4, 0.5) is 0 Å². The molecule has 24 heavy (non-hydrogen) atoms. The summed E-state index contributed by atoms with van der Waals surface area (Å²) in [6, 6.07) is 2.34. The van der Waals surface area contributed by atoms with Crippen LogP contribution in [0.1, 0.15) is 34.6 Å². The number of carbonyl (C=O) groups is 1. The third-order valence-electron chi connectivity index (χ3n) is 5.20. The Balaban J connectivity index is 1.88. The molecule has 136 valence electrons. The Morgan fingerprint density at radius 2 is 1.92 bits per heavy atom.